The van der Waals surface area contributed by atoms with Crippen LogP contribution in [-0.4, -0.2) is 0 Å². The highest BCUT2D eigenvalue weighted by atomic mass is 19.1. The summed E-state index contributed by atoms with van der Waals surface area (Å²) in [5.74, 6) is 0.784. The normalized spacial score (nSPS) is 22.2. The van der Waals surface area contributed by atoms with Crippen molar-refractivity contribution in [2.45, 2.75) is 57.8 Å². The molecule has 122 valence electrons. The predicted octanol–water partition coefficient (Wildman–Crippen LogP) is 6.24. The molecule has 0 aromatic heterocycles. The third-order valence-electron chi connectivity index (χ3n) is 4.93. The summed E-state index contributed by atoms with van der Waals surface area (Å²) in [6, 6.07) is 10.6. The van der Waals surface area contributed by atoms with Gasteiger partial charge in [-0.2, -0.15) is 9.65 Å². The third-order valence-corrected chi connectivity index (χ3v) is 4.93. The lowest BCUT2D eigenvalue weighted by Crippen LogP contribution is -2.13. The van der Waals surface area contributed by atoms with Gasteiger partial charge in [-0.3, -0.25) is 0 Å². The Morgan fingerprint density at radius 3 is 2.52 bits per heavy atom. The van der Waals surface area contributed by atoms with Gasteiger partial charge in [0.15, 0.2) is 5.83 Å². The maximum Gasteiger partial charge on any atom is 0.199 e. The van der Waals surface area contributed by atoms with Crippen LogP contribution >= 0.6 is 0 Å². The number of aryl methyl sites for hydroxylation is 1. The van der Waals surface area contributed by atoms with Crippen LogP contribution in [0.1, 0.15) is 62.5 Å². The van der Waals surface area contributed by atoms with Gasteiger partial charge < -0.3 is 0 Å². The second kappa shape index (κ2) is 9.30. The van der Waals surface area contributed by atoms with Gasteiger partial charge in [0.05, 0.1) is 0 Å². The zero-order valence-corrected chi connectivity index (χ0v) is 14.0. The highest BCUT2D eigenvalue weighted by molar-refractivity contribution is 5.25. The summed E-state index contributed by atoms with van der Waals surface area (Å²) in [4.78, 5) is 0. The molecule has 23 heavy (non-hydrogen) atoms. The van der Waals surface area contributed by atoms with Crippen LogP contribution in [0.4, 0.5) is 4.39 Å². The average Bonchev–Trinajstić information content (AvgIpc) is 2.62. The molecule has 1 saturated carbocycles. The lowest BCUT2D eigenvalue weighted by molar-refractivity contribution is 0.312. The summed E-state index contributed by atoms with van der Waals surface area (Å²) in [6.45, 7) is 2.19. The number of hydrogen-bond donors (Lipinski definition) is 0. The molecule has 0 saturated heterocycles. The molecule has 0 bridgehead atoms. The summed E-state index contributed by atoms with van der Waals surface area (Å²) in [6.07, 6.45) is 13.2. The van der Waals surface area contributed by atoms with Gasteiger partial charge in [-0.1, -0.05) is 43.3 Å². The first-order valence-electron chi connectivity index (χ1n) is 8.74. The first-order valence-corrected chi connectivity index (χ1v) is 8.74. The quantitative estimate of drug-likeness (QED) is 0.451. The third kappa shape index (κ3) is 5.67. The van der Waals surface area contributed by atoms with Gasteiger partial charge in [-0.25, -0.2) is 0 Å². The lowest BCUT2D eigenvalue weighted by Gasteiger charge is -2.28. The van der Waals surface area contributed by atoms with Crippen molar-refractivity contribution in [2.24, 2.45) is 5.92 Å². The molecule has 0 unspecified atom stereocenters. The van der Waals surface area contributed by atoms with Crippen LogP contribution in [0.25, 0.3) is 0 Å². The number of halogens is 1. The van der Waals surface area contributed by atoms with E-state index in [-0.39, 0.29) is 0 Å². The molecule has 1 nitrogen and oxygen atoms in total. The molecule has 0 radical (unpaired) electrons. The van der Waals surface area contributed by atoms with Crippen molar-refractivity contribution < 1.29 is 4.39 Å². The number of benzene rings is 1. The first kappa shape index (κ1) is 17.5. The molecule has 0 aliphatic heterocycles. The molecular weight excluding hydrogens is 285 g/mol. The topological polar surface area (TPSA) is 23.8 Å². The number of nitrogens with zero attached hydrogens (tertiary/aromatic N) is 1. The van der Waals surface area contributed by atoms with E-state index in [2.05, 4.69) is 31.2 Å². The Morgan fingerprint density at radius 1 is 1.22 bits per heavy atom. The Morgan fingerprint density at radius 2 is 1.91 bits per heavy atom. The molecule has 1 aliphatic rings. The van der Waals surface area contributed by atoms with Gasteiger partial charge in [0.2, 0.25) is 0 Å². The predicted molar refractivity (Wildman–Crippen MR) is 93.7 cm³/mol. The molecule has 0 amide bonds. The van der Waals surface area contributed by atoms with E-state index in [4.69, 9.17) is 5.26 Å². The Balaban J connectivity index is 1.72. The average molecular weight is 311 g/mol. The summed E-state index contributed by atoms with van der Waals surface area (Å²) in [7, 11) is 0. The molecule has 1 aliphatic carbocycles. The standard InChI is InChI=1S/C21H26FN/c1-2-17-8-12-19(13-9-17)20-14-10-18(11-15-20)6-4-3-5-7-21(22)16-23/h3,5,7-9,12-13,18,20H,2,4,6,10-11,14-15H2,1H3/t18-,20-. The van der Waals surface area contributed by atoms with Crippen molar-refractivity contribution >= 4 is 0 Å². The van der Waals surface area contributed by atoms with E-state index in [1.54, 1.807) is 6.08 Å². The van der Waals surface area contributed by atoms with Crippen molar-refractivity contribution in [1.82, 2.24) is 0 Å². The van der Waals surface area contributed by atoms with Crippen LogP contribution < -0.4 is 0 Å². The minimum Gasteiger partial charge on any atom is -0.195 e. The Bertz CT molecular complexity index is 569. The van der Waals surface area contributed by atoms with Gasteiger partial charge >= 0.3 is 0 Å². The van der Waals surface area contributed by atoms with E-state index < -0.39 is 5.83 Å². The van der Waals surface area contributed by atoms with Crippen molar-refractivity contribution in [3.63, 3.8) is 0 Å². The molecule has 0 spiro atoms. The Labute approximate surface area is 139 Å². The molecule has 1 fully saturated rings. The minimum absolute atomic E-state index is 0.723. The van der Waals surface area contributed by atoms with E-state index in [0.29, 0.717) is 0 Å². The van der Waals surface area contributed by atoms with E-state index in [1.807, 2.05) is 6.08 Å². The summed E-state index contributed by atoms with van der Waals surface area (Å²) >= 11 is 0. The highest BCUT2D eigenvalue weighted by Gasteiger charge is 2.21. The van der Waals surface area contributed by atoms with E-state index in [0.717, 1.165) is 24.7 Å². The van der Waals surface area contributed by atoms with Crippen molar-refractivity contribution in [3.05, 3.63) is 59.4 Å². The number of allylic oxidation sites excluding steroid dienone is 4. The van der Waals surface area contributed by atoms with Crippen LogP contribution in [0.15, 0.2) is 48.3 Å². The molecule has 2 rings (SSSR count). The minimum atomic E-state index is -0.726. The smallest absolute Gasteiger partial charge is 0.195 e. The van der Waals surface area contributed by atoms with Crippen LogP contribution in [0, 0.1) is 17.2 Å². The van der Waals surface area contributed by atoms with Gasteiger partial charge in [-0.05, 0) is 74.0 Å². The highest BCUT2D eigenvalue weighted by Crippen LogP contribution is 2.37. The second-order valence-corrected chi connectivity index (χ2v) is 6.44. The number of nitriles is 1. The van der Waals surface area contributed by atoms with Gasteiger partial charge in [0.25, 0.3) is 0 Å². The maximum absolute atomic E-state index is 12.6. The van der Waals surface area contributed by atoms with Crippen LogP contribution in [0.5, 0.6) is 0 Å². The zero-order chi connectivity index (χ0) is 16.5. The monoisotopic (exact) mass is 311 g/mol. The molecular formula is C21H26FN. The van der Waals surface area contributed by atoms with Gasteiger partial charge in [0.1, 0.15) is 6.07 Å². The fraction of sp³-hybridized carbons (Fsp3) is 0.476. The fourth-order valence-electron chi connectivity index (χ4n) is 3.43. The van der Waals surface area contributed by atoms with E-state index >= 15 is 0 Å². The first-order chi connectivity index (χ1) is 11.2. The molecule has 2 heteroatoms. The van der Waals surface area contributed by atoms with Gasteiger partial charge in [0, 0.05) is 0 Å². The zero-order valence-electron chi connectivity index (χ0n) is 14.0. The molecule has 0 heterocycles. The summed E-state index contributed by atoms with van der Waals surface area (Å²) < 4.78 is 12.6. The lowest BCUT2D eigenvalue weighted by atomic mass is 9.77. The number of rotatable bonds is 6. The second-order valence-electron chi connectivity index (χ2n) is 6.44. The van der Waals surface area contributed by atoms with Crippen LogP contribution in [-0.2, 0) is 6.42 Å². The SMILES string of the molecule is CCc1ccc([C@H]2CC[C@H](CCC=CC=C(F)C#N)CC2)cc1. The van der Waals surface area contributed by atoms with E-state index in [9.17, 15) is 4.39 Å². The summed E-state index contributed by atoms with van der Waals surface area (Å²) in [5, 5.41) is 8.32. The van der Waals surface area contributed by atoms with Crippen molar-refractivity contribution in [2.75, 3.05) is 0 Å². The molecule has 0 N–H and O–H groups in total. The Hall–Kier alpha value is -1.88. The van der Waals surface area contributed by atoms with Gasteiger partial charge in [-0.15, -0.1) is 0 Å². The number of hydrogen-bond acceptors (Lipinski definition) is 1. The van der Waals surface area contributed by atoms with Crippen molar-refractivity contribution in [1.29, 1.82) is 5.26 Å². The largest absolute Gasteiger partial charge is 0.199 e. The summed E-state index contributed by atoms with van der Waals surface area (Å²) in [5.41, 5.74) is 2.91. The van der Waals surface area contributed by atoms with Crippen LogP contribution in [0.2, 0.25) is 0 Å². The van der Waals surface area contributed by atoms with Crippen LogP contribution in [0.3, 0.4) is 0 Å². The molecule has 1 aromatic rings. The maximum atomic E-state index is 12.6. The molecule has 0 atom stereocenters. The fourth-order valence-corrected chi connectivity index (χ4v) is 3.43. The Kier molecular flexibility index (Phi) is 7.07. The van der Waals surface area contributed by atoms with Crippen molar-refractivity contribution in [3.8, 4) is 6.07 Å². The molecule has 1 aromatic carbocycles. The van der Waals surface area contributed by atoms with E-state index in [1.165, 1.54) is 55.4 Å².